The van der Waals surface area contributed by atoms with Crippen LogP contribution in [0.1, 0.15) is 31.3 Å². The van der Waals surface area contributed by atoms with Crippen molar-refractivity contribution in [3.8, 4) is 0 Å². The van der Waals surface area contributed by atoms with Gasteiger partial charge in [0.2, 0.25) is 0 Å². The maximum atomic E-state index is 12.9. The monoisotopic (exact) mass is 368 g/mol. The summed E-state index contributed by atoms with van der Waals surface area (Å²) in [6.45, 7) is 0. The van der Waals surface area contributed by atoms with E-state index in [2.05, 4.69) is 0 Å². The van der Waals surface area contributed by atoms with E-state index < -0.39 is 17.0 Å². The minimum Gasteiger partial charge on any atom is -0.299 e. The summed E-state index contributed by atoms with van der Waals surface area (Å²) in [6.07, 6.45) is -0.198. The van der Waals surface area contributed by atoms with Crippen LogP contribution in [-0.2, 0) is 20.5 Å². The molecule has 0 atom stereocenters. The molecule has 0 fully saturated rings. The molecule has 132 valence electrons. The fraction of sp³-hybridized carbons (Fsp3) is 0.158. The molecule has 3 rings (SSSR count). The molecule has 0 bridgehead atoms. The van der Waals surface area contributed by atoms with Crippen LogP contribution in [0.2, 0.25) is 0 Å². The lowest BCUT2D eigenvalue weighted by Crippen LogP contribution is -2.43. The van der Waals surface area contributed by atoms with Gasteiger partial charge in [-0.15, -0.1) is 11.3 Å². The second-order valence-corrected chi connectivity index (χ2v) is 6.75. The van der Waals surface area contributed by atoms with Gasteiger partial charge in [-0.1, -0.05) is 36.4 Å². The molecular formula is C19H16N2O4S. The third-order valence-electron chi connectivity index (χ3n) is 4.17. The summed E-state index contributed by atoms with van der Waals surface area (Å²) in [5, 5.41) is 1.77. The van der Waals surface area contributed by atoms with Crippen LogP contribution in [0.4, 0.5) is 0 Å². The fourth-order valence-corrected chi connectivity index (χ4v) is 3.40. The standard InChI is InChI=1S/C19H16N2O4S/c1-20-13(11-14(22)15-9-6-10-26-15)16(18(24)21(2)19(20)25)17(23)12-7-4-3-5-8-12/h3-10H,11H2,1-2H3. The molecule has 0 saturated heterocycles. The van der Waals surface area contributed by atoms with Crippen molar-refractivity contribution >= 4 is 22.9 Å². The van der Waals surface area contributed by atoms with Crippen LogP contribution < -0.4 is 11.2 Å². The normalized spacial score (nSPS) is 10.7. The first-order chi connectivity index (χ1) is 12.4. The van der Waals surface area contributed by atoms with Crippen LogP contribution in [0.5, 0.6) is 0 Å². The summed E-state index contributed by atoms with van der Waals surface area (Å²) in [5.41, 5.74) is -0.964. The van der Waals surface area contributed by atoms with E-state index in [0.29, 0.717) is 10.4 Å². The highest BCUT2D eigenvalue weighted by atomic mass is 32.1. The lowest BCUT2D eigenvalue weighted by molar-refractivity contribution is 0.0993. The SMILES string of the molecule is Cn1c(CC(=O)c2cccs2)c(C(=O)c2ccccc2)c(=O)n(C)c1=O. The maximum absolute atomic E-state index is 12.9. The quantitative estimate of drug-likeness (QED) is 0.644. The summed E-state index contributed by atoms with van der Waals surface area (Å²) in [7, 11) is 2.78. The smallest absolute Gasteiger partial charge is 0.299 e. The molecule has 0 unspecified atom stereocenters. The van der Waals surface area contributed by atoms with Crippen molar-refractivity contribution in [2.24, 2.45) is 14.1 Å². The molecule has 2 aromatic heterocycles. The Morgan fingerprint density at radius 1 is 0.962 bits per heavy atom. The predicted octanol–water partition coefficient (Wildman–Crippen LogP) is 1.80. The Balaban J connectivity index is 2.19. The molecule has 0 N–H and O–H groups in total. The van der Waals surface area contributed by atoms with Crippen molar-refractivity contribution in [3.05, 3.63) is 90.4 Å². The van der Waals surface area contributed by atoms with Crippen LogP contribution in [-0.4, -0.2) is 20.7 Å². The molecule has 0 aliphatic heterocycles. The van der Waals surface area contributed by atoms with E-state index in [9.17, 15) is 19.2 Å². The van der Waals surface area contributed by atoms with Crippen molar-refractivity contribution in [3.63, 3.8) is 0 Å². The van der Waals surface area contributed by atoms with Gasteiger partial charge in [-0.05, 0) is 11.4 Å². The molecule has 0 amide bonds. The van der Waals surface area contributed by atoms with Gasteiger partial charge in [-0.3, -0.25) is 23.5 Å². The third-order valence-corrected chi connectivity index (χ3v) is 5.08. The summed E-state index contributed by atoms with van der Waals surface area (Å²) in [6, 6.07) is 11.8. The lowest BCUT2D eigenvalue weighted by atomic mass is 10.00. The van der Waals surface area contributed by atoms with Crippen molar-refractivity contribution in [1.82, 2.24) is 9.13 Å². The van der Waals surface area contributed by atoms with Crippen molar-refractivity contribution in [1.29, 1.82) is 0 Å². The van der Waals surface area contributed by atoms with Gasteiger partial charge in [0, 0.05) is 25.4 Å². The molecule has 3 aromatic rings. The molecule has 0 spiro atoms. The van der Waals surface area contributed by atoms with Crippen LogP contribution in [0.25, 0.3) is 0 Å². The molecule has 1 aromatic carbocycles. The molecule has 0 aliphatic carbocycles. The molecule has 7 heteroatoms. The predicted molar refractivity (Wildman–Crippen MR) is 99.2 cm³/mol. The van der Waals surface area contributed by atoms with Gasteiger partial charge in [0.15, 0.2) is 11.6 Å². The maximum Gasteiger partial charge on any atom is 0.330 e. The van der Waals surface area contributed by atoms with Crippen LogP contribution in [0, 0.1) is 0 Å². The number of carbonyl (C=O) groups excluding carboxylic acids is 2. The summed E-state index contributed by atoms with van der Waals surface area (Å²) in [5.74, 6) is -0.749. The molecule has 6 nitrogen and oxygen atoms in total. The van der Waals surface area contributed by atoms with Gasteiger partial charge in [0.05, 0.1) is 11.3 Å². The zero-order valence-corrected chi connectivity index (χ0v) is 15.1. The molecule has 0 aliphatic rings. The number of nitrogens with zero attached hydrogens (tertiary/aromatic N) is 2. The lowest BCUT2D eigenvalue weighted by Gasteiger charge is -2.14. The van der Waals surface area contributed by atoms with Crippen LogP contribution in [0.3, 0.4) is 0 Å². The minimum atomic E-state index is -0.698. The highest BCUT2D eigenvalue weighted by Gasteiger charge is 2.25. The zero-order chi connectivity index (χ0) is 18.8. The number of benzene rings is 1. The second-order valence-electron chi connectivity index (χ2n) is 5.80. The zero-order valence-electron chi connectivity index (χ0n) is 14.3. The number of rotatable bonds is 5. The Labute approximate surface area is 153 Å². The Morgan fingerprint density at radius 2 is 1.65 bits per heavy atom. The first-order valence-electron chi connectivity index (χ1n) is 7.87. The molecule has 0 saturated carbocycles. The number of carbonyl (C=O) groups is 2. The first kappa shape index (κ1) is 17.8. The summed E-state index contributed by atoms with van der Waals surface area (Å²) >= 11 is 1.27. The van der Waals surface area contributed by atoms with Crippen LogP contribution in [0.15, 0.2) is 57.4 Å². The number of hydrogen-bond donors (Lipinski definition) is 0. The largest absolute Gasteiger partial charge is 0.330 e. The fourth-order valence-electron chi connectivity index (χ4n) is 2.73. The topological polar surface area (TPSA) is 78.1 Å². The second kappa shape index (κ2) is 7.05. The number of aromatic nitrogens is 2. The summed E-state index contributed by atoms with van der Waals surface area (Å²) < 4.78 is 2.08. The van der Waals surface area contributed by atoms with E-state index in [1.54, 1.807) is 47.8 Å². The number of hydrogen-bond acceptors (Lipinski definition) is 5. The average Bonchev–Trinajstić information content (AvgIpc) is 3.19. The minimum absolute atomic E-state index is 0.130. The van der Waals surface area contributed by atoms with E-state index in [-0.39, 0.29) is 23.5 Å². The Morgan fingerprint density at radius 3 is 2.27 bits per heavy atom. The summed E-state index contributed by atoms with van der Waals surface area (Å²) in [4.78, 5) is 50.9. The van der Waals surface area contributed by atoms with E-state index in [1.807, 2.05) is 0 Å². The van der Waals surface area contributed by atoms with Gasteiger partial charge < -0.3 is 0 Å². The number of thiophene rings is 1. The van der Waals surface area contributed by atoms with E-state index in [4.69, 9.17) is 0 Å². The Bertz CT molecular complexity index is 1090. The third kappa shape index (κ3) is 3.09. The molecule has 2 heterocycles. The van der Waals surface area contributed by atoms with Gasteiger partial charge in [-0.2, -0.15) is 0 Å². The highest BCUT2D eigenvalue weighted by molar-refractivity contribution is 7.12. The van der Waals surface area contributed by atoms with E-state index in [1.165, 1.54) is 30.0 Å². The van der Waals surface area contributed by atoms with Gasteiger partial charge >= 0.3 is 5.69 Å². The molecule has 26 heavy (non-hydrogen) atoms. The van der Waals surface area contributed by atoms with Gasteiger partial charge in [0.25, 0.3) is 5.56 Å². The molecular weight excluding hydrogens is 352 g/mol. The Hall–Kier alpha value is -3.06. The number of Topliss-reactive ketones (excluding diaryl/α,β-unsaturated/α-hetero) is 1. The van der Waals surface area contributed by atoms with E-state index >= 15 is 0 Å². The van der Waals surface area contributed by atoms with Crippen molar-refractivity contribution < 1.29 is 9.59 Å². The average molecular weight is 368 g/mol. The van der Waals surface area contributed by atoms with Gasteiger partial charge in [0.1, 0.15) is 5.56 Å². The van der Waals surface area contributed by atoms with Crippen molar-refractivity contribution in [2.45, 2.75) is 6.42 Å². The first-order valence-corrected chi connectivity index (χ1v) is 8.75. The molecule has 0 radical (unpaired) electrons. The highest BCUT2D eigenvalue weighted by Crippen LogP contribution is 2.15. The van der Waals surface area contributed by atoms with Gasteiger partial charge in [-0.25, -0.2) is 4.79 Å². The van der Waals surface area contributed by atoms with Crippen molar-refractivity contribution in [2.75, 3.05) is 0 Å². The van der Waals surface area contributed by atoms with E-state index in [0.717, 1.165) is 4.57 Å². The van der Waals surface area contributed by atoms with Crippen LogP contribution >= 0.6 is 11.3 Å². The Kier molecular flexibility index (Phi) is 4.81. The number of ketones is 2.